The van der Waals surface area contributed by atoms with Gasteiger partial charge in [-0.25, -0.2) is 0 Å². The second kappa shape index (κ2) is 10.9. The Morgan fingerprint density at radius 1 is 1.30 bits per heavy atom. The van der Waals surface area contributed by atoms with Crippen LogP contribution in [0.4, 0.5) is 0 Å². The maximum Gasteiger partial charge on any atom is 0.191 e. The number of likely N-dealkylation sites (N-methyl/N-ethyl adjacent to an activating group) is 1. The third-order valence-electron chi connectivity index (χ3n) is 4.15. The fraction of sp³-hybridized carbons (Fsp3) is 0.706. The standard InChI is InChI=1S/C17H30N4O.HI/c1-4-18-17(19-12-14-9-10-14)20-13-15(21(5-2)6-3)16-8-7-11-22-16;/h7-8,11,14-15H,4-6,9-10,12-13H2,1-3H3,(H2,18,19,20);1H. The summed E-state index contributed by atoms with van der Waals surface area (Å²) in [6.45, 7) is 11.1. The number of aliphatic imine (C=N–C) groups is 1. The highest BCUT2D eigenvalue weighted by atomic mass is 127. The second-order valence-corrected chi connectivity index (χ2v) is 5.80. The summed E-state index contributed by atoms with van der Waals surface area (Å²) in [5.41, 5.74) is 0. The van der Waals surface area contributed by atoms with Crippen molar-refractivity contribution in [1.29, 1.82) is 0 Å². The molecule has 1 heterocycles. The Morgan fingerprint density at radius 2 is 2.04 bits per heavy atom. The molecule has 0 spiro atoms. The van der Waals surface area contributed by atoms with E-state index in [9.17, 15) is 0 Å². The van der Waals surface area contributed by atoms with Gasteiger partial charge in [-0.15, -0.1) is 24.0 Å². The molecule has 1 aliphatic carbocycles. The summed E-state index contributed by atoms with van der Waals surface area (Å²) in [7, 11) is 0. The third-order valence-corrected chi connectivity index (χ3v) is 4.15. The van der Waals surface area contributed by atoms with E-state index in [2.05, 4.69) is 36.3 Å². The van der Waals surface area contributed by atoms with Gasteiger partial charge in [0.05, 0.1) is 18.8 Å². The van der Waals surface area contributed by atoms with E-state index in [0.29, 0.717) is 6.54 Å². The van der Waals surface area contributed by atoms with E-state index in [1.54, 1.807) is 6.26 Å². The predicted octanol–water partition coefficient (Wildman–Crippen LogP) is 3.25. The number of rotatable bonds is 9. The first-order valence-electron chi connectivity index (χ1n) is 8.58. The Hall–Kier alpha value is -0.760. The molecule has 0 amide bonds. The van der Waals surface area contributed by atoms with Crippen LogP contribution in [0.15, 0.2) is 27.8 Å². The molecule has 132 valence electrons. The first-order chi connectivity index (χ1) is 10.8. The molecule has 1 aromatic rings. The molecule has 1 aliphatic rings. The van der Waals surface area contributed by atoms with Crippen LogP contribution in [-0.4, -0.2) is 43.6 Å². The van der Waals surface area contributed by atoms with Crippen LogP contribution in [0, 0.1) is 5.92 Å². The summed E-state index contributed by atoms with van der Waals surface area (Å²) < 4.78 is 5.63. The van der Waals surface area contributed by atoms with Crippen molar-refractivity contribution in [3.05, 3.63) is 24.2 Å². The van der Waals surface area contributed by atoms with Gasteiger partial charge in [0.25, 0.3) is 0 Å². The van der Waals surface area contributed by atoms with Crippen molar-refractivity contribution in [2.24, 2.45) is 10.9 Å². The number of nitrogens with one attached hydrogen (secondary N) is 2. The van der Waals surface area contributed by atoms with Crippen LogP contribution in [0.5, 0.6) is 0 Å². The predicted molar refractivity (Wildman–Crippen MR) is 106 cm³/mol. The number of halogens is 1. The van der Waals surface area contributed by atoms with E-state index in [4.69, 9.17) is 9.41 Å². The average Bonchev–Trinajstić information content (AvgIpc) is 3.21. The van der Waals surface area contributed by atoms with Crippen LogP contribution in [-0.2, 0) is 0 Å². The van der Waals surface area contributed by atoms with E-state index >= 15 is 0 Å². The highest BCUT2D eigenvalue weighted by Gasteiger charge is 2.22. The Balaban J connectivity index is 0.00000264. The molecule has 2 rings (SSSR count). The molecule has 1 aromatic heterocycles. The molecule has 0 radical (unpaired) electrons. The topological polar surface area (TPSA) is 52.8 Å². The first kappa shape index (κ1) is 20.3. The second-order valence-electron chi connectivity index (χ2n) is 5.80. The maximum atomic E-state index is 5.63. The number of furan rings is 1. The van der Waals surface area contributed by atoms with Crippen molar-refractivity contribution >= 4 is 29.9 Å². The summed E-state index contributed by atoms with van der Waals surface area (Å²) >= 11 is 0. The Labute approximate surface area is 157 Å². The highest BCUT2D eigenvalue weighted by Crippen LogP contribution is 2.27. The molecule has 1 fully saturated rings. The monoisotopic (exact) mass is 434 g/mol. The van der Waals surface area contributed by atoms with Crippen molar-refractivity contribution in [3.8, 4) is 0 Å². The van der Waals surface area contributed by atoms with Crippen LogP contribution in [0.1, 0.15) is 45.4 Å². The minimum absolute atomic E-state index is 0. The van der Waals surface area contributed by atoms with E-state index in [-0.39, 0.29) is 30.0 Å². The van der Waals surface area contributed by atoms with E-state index in [1.807, 2.05) is 12.1 Å². The summed E-state index contributed by atoms with van der Waals surface area (Å²) in [4.78, 5) is 7.16. The van der Waals surface area contributed by atoms with Crippen molar-refractivity contribution in [1.82, 2.24) is 15.5 Å². The Bertz CT molecular complexity index is 441. The van der Waals surface area contributed by atoms with E-state index in [0.717, 1.165) is 43.8 Å². The molecule has 0 saturated heterocycles. The minimum Gasteiger partial charge on any atom is -0.468 e. The van der Waals surface area contributed by atoms with Crippen LogP contribution >= 0.6 is 24.0 Å². The zero-order valence-corrected chi connectivity index (χ0v) is 16.9. The molecular weight excluding hydrogens is 403 g/mol. The van der Waals surface area contributed by atoms with Crippen molar-refractivity contribution in [3.63, 3.8) is 0 Å². The Morgan fingerprint density at radius 3 is 2.57 bits per heavy atom. The van der Waals surface area contributed by atoms with Gasteiger partial charge in [0.2, 0.25) is 0 Å². The SMILES string of the molecule is CCNC(=NCC(c1ccco1)N(CC)CC)NCC1CC1.I. The van der Waals surface area contributed by atoms with Crippen LogP contribution in [0.2, 0.25) is 0 Å². The van der Waals surface area contributed by atoms with Gasteiger partial charge in [-0.3, -0.25) is 9.89 Å². The first-order valence-corrected chi connectivity index (χ1v) is 8.58. The van der Waals surface area contributed by atoms with Gasteiger partial charge in [-0.1, -0.05) is 13.8 Å². The number of hydrogen-bond acceptors (Lipinski definition) is 3. The highest BCUT2D eigenvalue weighted by molar-refractivity contribution is 14.0. The van der Waals surface area contributed by atoms with Gasteiger partial charge in [0.1, 0.15) is 5.76 Å². The van der Waals surface area contributed by atoms with Gasteiger partial charge in [0, 0.05) is 13.1 Å². The van der Waals surface area contributed by atoms with Gasteiger partial charge in [-0.2, -0.15) is 0 Å². The molecule has 0 aromatic carbocycles. The average molecular weight is 434 g/mol. The molecule has 0 aliphatic heterocycles. The van der Waals surface area contributed by atoms with Gasteiger partial charge < -0.3 is 15.1 Å². The fourth-order valence-corrected chi connectivity index (χ4v) is 2.61. The summed E-state index contributed by atoms with van der Waals surface area (Å²) in [6, 6.07) is 4.19. The molecule has 6 heteroatoms. The van der Waals surface area contributed by atoms with Crippen molar-refractivity contribution in [2.75, 3.05) is 32.7 Å². The number of guanidine groups is 1. The number of nitrogens with zero attached hydrogens (tertiary/aromatic N) is 2. The van der Waals surface area contributed by atoms with E-state index in [1.165, 1.54) is 12.8 Å². The lowest BCUT2D eigenvalue weighted by molar-refractivity contribution is 0.198. The quantitative estimate of drug-likeness (QED) is 0.356. The summed E-state index contributed by atoms with van der Waals surface area (Å²) in [5.74, 6) is 2.75. The van der Waals surface area contributed by atoms with Crippen molar-refractivity contribution in [2.45, 2.75) is 39.7 Å². The van der Waals surface area contributed by atoms with Gasteiger partial charge >= 0.3 is 0 Å². The number of hydrogen-bond donors (Lipinski definition) is 2. The largest absolute Gasteiger partial charge is 0.468 e. The van der Waals surface area contributed by atoms with Crippen molar-refractivity contribution < 1.29 is 4.42 Å². The fourth-order valence-electron chi connectivity index (χ4n) is 2.61. The molecule has 0 bridgehead atoms. The minimum atomic E-state index is 0. The summed E-state index contributed by atoms with van der Waals surface area (Å²) in [6.07, 6.45) is 4.44. The molecular formula is C17H31IN4O. The Kier molecular flexibility index (Phi) is 9.62. The lowest BCUT2D eigenvalue weighted by Gasteiger charge is -2.27. The third kappa shape index (κ3) is 6.71. The van der Waals surface area contributed by atoms with Crippen LogP contribution in [0.3, 0.4) is 0 Å². The van der Waals surface area contributed by atoms with Crippen LogP contribution in [0.25, 0.3) is 0 Å². The summed E-state index contributed by atoms with van der Waals surface area (Å²) in [5, 5.41) is 6.78. The molecule has 5 nitrogen and oxygen atoms in total. The van der Waals surface area contributed by atoms with E-state index < -0.39 is 0 Å². The lowest BCUT2D eigenvalue weighted by atomic mass is 10.2. The zero-order valence-electron chi connectivity index (χ0n) is 14.5. The maximum absolute atomic E-state index is 5.63. The molecule has 23 heavy (non-hydrogen) atoms. The smallest absolute Gasteiger partial charge is 0.191 e. The normalized spacial score (nSPS) is 16.1. The molecule has 1 saturated carbocycles. The zero-order chi connectivity index (χ0) is 15.8. The molecule has 1 atom stereocenters. The molecule has 1 unspecified atom stereocenters. The lowest BCUT2D eigenvalue weighted by Crippen LogP contribution is -2.39. The van der Waals surface area contributed by atoms with Gasteiger partial charge in [-0.05, 0) is 50.9 Å². The van der Waals surface area contributed by atoms with Crippen LogP contribution < -0.4 is 10.6 Å². The van der Waals surface area contributed by atoms with Gasteiger partial charge in [0.15, 0.2) is 5.96 Å². The molecule has 2 N–H and O–H groups in total.